The van der Waals surface area contributed by atoms with Crippen molar-refractivity contribution in [1.29, 1.82) is 0 Å². The van der Waals surface area contributed by atoms with Crippen molar-refractivity contribution in [2.24, 2.45) is 0 Å². The van der Waals surface area contributed by atoms with Crippen molar-refractivity contribution in [3.05, 3.63) is 81.9 Å². The van der Waals surface area contributed by atoms with Crippen molar-refractivity contribution >= 4 is 34.2 Å². The first-order chi connectivity index (χ1) is 17.6. The number of hydrogen-bond acceptors (Lipinski definition) is 5. The van der Waals surface area contributed by atoms with Crippen LogP contribution >= 0.6 is 11.3 Å². The second kappa shape index (κ2) is 11.1. The molecule has 1 aromatic heterocycles. The van der Waals surface area contributed by atoms with E-state index in [1.165, 1.54) is 12.1 Å². The average Bonchev–Trinajstić information content (AvgIpc) is 3.61. The van der Waals surface area contributed by atoms with E-state index in [0.717, 1.165) is 41.9 Å². The summed E-state index contributed by atoms with van der Waals surface area (Å²) in [5.74, 6) is -0.999. The van der Waals surface area contributed by atoms with Gasteiger partial charge in [0.15, 0.2) is 5.13 Å². The number of halogens is 3. The van der Waals surface area contributed by atoms with Gasteiger partial charge in [-0.15, -0.1) is 11.3 Å². The normalized spacial score (nSPS) is 13.2. The van der Waals surface area contributed by atoms with Crippen LogP contribution in [-0.2, 0) is 28.7 Å². The molecule has 0 bridgehead atoms. The van der Waals surface area contributed by atoms with Crippen molar-refractivity contribution in [3.8, 4) is 0 Å². The number of nitrogens with zero attached hydrogens (tertiary/aromatic N) is 2. The van der Waals surface area contributed by atoms with Crippen LogP contribution in [0.25, 0.3) is 0 Å². The van der Waals surface area contributed by atoms with Gasteiger partial charge in [0.1, 0.15) is 6.54 Å². The van der Waals surface area contributed by atoms with Gasteiger partial charge in [-0.05, 0) is 49.6 Å². The van der Waals surface area contributed by atoms with E-state index in [2.05, 4.69) is 15.6 Å². The van der Waals surface area contributed by atoms with Crippen molar-refractivity contribution in [1.82, 2.24) is 15.2 Å². The largest absolute Gasteiger partial charge is 0.416 e. The van der Waals surface area contributed by atoms with E-state index in [9.17, 15) is 27.6 Å². The monoisotopic (exact) mass is 530 g/mol. The van der Waals surface area contributed by atoms with Crippen molar-refractivity contribution in [3.63, 3.8) is 0 Å². The summed E-state index contributed by atoms with van der Waals surface area (Å²) in [5.41, 5.74) is 1.53. The first kappa shape index (κ1) is 26.3. The summed E-state index contributed by atoms with van der Waals surface area (Å²) in [6.07, 6.45) is -2.85. The molecule has 1 fully saturated rings. The minimum atomic E-state index is -4.45. The summed E-state index contributed by atoms with van der Waals surface area (Å²) in [6, 6.07) is 12.0. The molecule has 37 heavy (non-hydrogen) atoms. The van der Waals surface area contributed by atoms with Gasteiger partial charge < -0.3 is 15.5 Å². The van der Waals surface area contributed by atoms with Crippen LogP contribution < -0.4 is 10.6 Å². The molecule has 0 radical (unpaired) electrons. The maximum absolute atomic E-state index is 12.9. The lowest BCUT2D eigenvalue weighted by atomic mass is 10.1. The molecule has 0 aliphatic heterocycles. The summed E-state index contributed by atoms with van der Waals surface area (Å²) < 4.78 is 38.5. The number of alkyl halides is 3. The summed E-state index contributed by atoms with van der Waals surface area (Å²) in [6.45, 7) is 1.77. The second-order valence-corrected chi connectivity index (χ2v) is 9.73. The van der Waals surface area contributed by atoms with Crippen molar-refractivity contribution < 1.29 is 27.6 Å². The average molecular weight is 531 g/mol. The molecule has 1 aliphatic rings. The van der Waals surface area contributed by atoms with Crippen LogP contribution in [0.4, 0.5) is 18.3 Å². The number of anilines is 1. The molecule has 0 spiro atoms. The highest BCUT2D eigenvalue weighted by Gasteiger charge is 2.34. The highest BCUT2D eigenvalue weighted by Crippen LogP contribution is 2.30. The minimum Gasteiger partial charge on any atom is -0.352 e. The van der Waals surface area contributed by atoms with Gasteiger partial charge in [0, 0.05) is 23.5 Å². The standard InChI is InChI=1S/C26H25F3N4O3S/c1-16-5-7-18(8-6-16)24(36)33(21-9-10-21)14-23(35)32-25-31-20(15-37-25)12-22(34)30-13-17-3-2-4-19(11-17)26(27,28)29/h2-8,11,15,21H,9-10,12-14H2,1H3,(H,30,34)(H,31,32,35). The Hall–Kier alpha value is -3.73. The fourth-order valence-electron chi connectivity index (χ4n) is 3.66. The molecule has 1 saturated carbocycles. The zero-order chi connectivity index (χ0) is 26.6. The van der Waals surface area contributed by atoms with Gasteiger partial charge in [0.2, 0.25) is 11.8 Å². The van der Waals surface area contributed by atoms with Crippen molar-refractivity contribution in [2.75, 3.05) is 11.9 Å². The number of carbonyl (C=O) groups is 3. The molecule has 2 aromatic carbocycles. The third-order valence-electron chi connectivity index (χ3n) is 5.74. The number of aromatic nitrogens is 1. The molecule has 2 N–H and O–H groups in total. The van der Waals surface area contributed by atoms with Crippen LogP contribution in [0.2, 0.25) is 0 Å². The smallest absolute Gasteiger partial charge is 0.352 e. The highest BCUT2D eigenvalue weighted by molar-refractivity contribution is 7.13. The fraction of sp³-hybridized carbons (Fsp3) is 0.308. The van der Waals surface area contributed by atoms with Crippen LogP contribution in [0.1, 0.15) is 45.6 Å². The number of thiazole rings is 1. The van der Waals surface area contributed by atoms with E-state index in [1.807, 2.05) is 19.1 Å². The predicted octanol–water partition coefficient (Wildman–Crippen LogP) is 4.57. The Morgan fingerprint density at radius 3 is 2.49 bits per heavy atom. The van der Waals surface area contributed by atoms with Crippen LogP contribution in [0.3, 0.4) is 0 Å². The predicted molar refractivity (Wildman–Crippen MR) is 133 cm³/mol. The molecule has 0 unspecified atom stereocenters. The van der Waals surface area contributed by atoms with E-state index < -0.39 is 17.6 Å². The maximum atomic E-state index is 12.9. The van der Waals surface area contributed by atoms with Crippen molar-refractivity contribution in [2.45, 2.75) is 44.9 Å². The van der Waals surface area contributed by atoms with Gasteiger partial charge in [-0.25, -0.2) is 4.98 Å². The van der Waals surface area contributed by atoms with E-state index in [1.54, 1.807) is 22.4 Å². The Morgan fingerprint density at radius 2 is 1.81 bits per heavy atom. The zero-order valence-corrected chi connectivity index (χ0v) is 20.8. The number of nitrogens with one attached hydrogen (secondary N) is 2. The number of rotatable bonds is 9. The quantitative estimate of drug-likeness (QED) is 0.424. The molecule has 3 amide bonds. The van der Waals surface area contributed by atoms with E-state index >= 15 is 0 Å². The molecule has 1 heterocycles. The maximum Gasteiger partial charge on any atom is 0.416 e. The van der Waals surface area contributed by atoms with Gasteiger partial charge >= 0.3 is 6.18 Å². The zero-order valence-electron chi connectivity index (χ0n) is 20.0. The number of benzene rings is 2. The SMILES string of the molecule is Cc1ccc(C(=O)N(CC(=O)Nc2nc(CC(=O)NCc3cccc(C(F)(F)F)c3)cs2)C2CC2)cc1. The van der Waals surface area contributed by atoms with Gasteiger partial charge in [-0.1, -0.05) is 29.8 Å². The Morgan fingerprint density at radius 1 is 1.08 bits per heavy atom. The van der Waals surface area contributed by atoms with Gasteiger partial charge in [-0.2, -0.15) is 13.2 Å². The third-order valence-corrected chi connectivity index (χ3v) is 6.55. The topological polar surface area (TPSA) is 91.4 Å². The summed E-state index contributed by atoms with van der Waals surface area (Å²) in [4.78, 5) is 43.6. The molecule has 0 saturated heterocycles. The van der Waals surface area contributed by atoms with Crippen LogP contribution in [-0.4, -0.2) is 40.2 Å². The van der Waals surface area contributed by atoms with Gasteiger partial charge in [0.25, 0.3) is 5.91 Å². The Labute approximate surface area is 215 Å². The highest BCUT2D eigenvalue weighted by atomic mass is 32.1. The van der Waals surface area contributed by atoms with E-state index in [-0.39, 0.29) is 37.4 Å². The van der Waals surface area contributed by atoms with Crippen LogP contribution in [0.15, 0.2) is 53.9 Å². The van der Waals surface area contributed by atoms with E-state index in [0.29, 0.717) is 22.0 Å². The Balaban J connectivity index is 1.28. The summed E-state index contributed by atoms with van der Waals surface area (Å²) in [7, 11) is 0. The molecule has 7 nitrogen and oxygen atoms in total. The Kier molecular flexibility index (Phi) is 7.91. The van der Waals surface area contributed by atoms with Gasteiger partial charge in [0.05, 0.1) is 17.7 Å². The second-order valence-electron chi connectivity index (χ2n) is 8.87. The lowest BCUT2D eigenvalue weighted by molar-refractivity contribution is -0.137. The molecule has 11 heteroatoms. The first-order valence-electron chi connectivity index (χ1n) is 11.6. The molecule has 194 valence electrons. The summed E-state index contributed by atoms with van der Waals surface area (Å²) >= 11 is 1.14. The molecular weight excluding hydrogens is 505 g/mol. The third kappa shape index (κ3) is 7.39. The number of carbonyl (C=O) groups excluding carboxylic acids is 3. The molecule has 0 atom stereocenters. The van der Waals surface area contributed by atoms with Crippen LogP contribution in [0.5, 0.6) is 0 Å². The lowest BCUT2D eigenvalue weighted by Gasteiger charge is -2.21. The number of hydrogen-bond donors (Lipinski definition) is 2. The number of amides is 3. The molecular formula is C26H25F3N4O3S. The molecule has 4 rings (SSSR count). The first-order valence-corrected chi connectivity index (χ1v) is 12.5. The van der Waals surface area contributed by atoms with Gasteiger partial charge in [-0.3, -0.25) is 14.4 Å². The van der Waals surface area contributed by atoms with Crippen LogP contribution in [0, 0.1) is 6.92 Å². The minimum absolute atomic E-state index is 0.0342. The summed E-state index contributed by atoms with van der Waals surface area (Å²) in [5, 5.41) is 7.17. The number of aryl methyl sites for hydroxylation is 1. The molecule has 3 aromatic rings. The molecule has 1 aliphatic carbocycles. The Bertz CT molecular complexity index is 1290. The lowest BCUT2D eigenvalue weighted by Crippen LogP contribution is -2.39. The van der Waals surface area contributed by atoms with E-state index in [4.69, 9.17) is 0 Å². The fourth-order valence-corrected chi connectivity index (χ4v) is 4.39.